The maximum Gasteiger partial charge on any atom is 0.242 e. The monoisotopic (exact) mass is 287 g/mol. The van der Waals surface area contributed by atoms with E-state index in [1.807, 2.05) is 6.92 Å². The third-order valence-electron chi connectivity index (χ3n) is 2.85. The summed E-state index contributed by atoms with van der Waals surface area (Å²) in [6, 6.07) is 4.68. The van der Waals surface area contributed by atoms with Crippen molar-refractivity contribution in [3.8, 4) is 0 Å². The largest absolute Gasteiger partial charge is 0.398 e. The van der Waals surface area contributed by atoms with E-state index < -0.39 is 10.0 Å². The van der Waals surface area contributed by atoms with Gasteiger partial charge in [0, 0.05) is 12.2 Å². The number of hydrogen-bond acceptors (Lipinski definition) is 5. The van der Waals surface area contributed by atoms with Crippen LogP contribution in [0, 0.1) is 0 Å². The molecule has 0 aliphatic heterocycles. The third-order valence-corrected chi connectivity index (χ3v) is 4.33. The minimum atomic E-state index is -3.53. The quantitative estimate of drug-likeness (QED) is 0.554. The highest BCUT2D eigenvalue weighted by Gasteiger charge is 2.15. The number of nitrogen functional groups attached to an aromatic ring is 1. The summed E-state index contributed by atoms with van der Waals surface area (Å²) in [4.78, 5) is 0.0640. The molecule has 7 heteroatoms. The Labute approximate surface area is 114 Å². The van der Waals surface area contributed by atoms with Gasteiger partial charge in [-0.05, 0) is 38.1 Å². The topological polar surface area (TPSA) is 104 Å². The van der Waals surface area contributed by atoms with E-state index in [0.717, 1.165) is 5.69 Å². The molecule has 0 aliphatic rings. The fourth-order valence-corrected chi connectivity index (χ4v) is 2.44. The Hall–Kier alpha value is -1.31. The van der Waals surface area contributed by atoms with E-state index >= 15 is 0 Å². The lowest BCUT2D eigenvalue weighted by molar-refractivity contribution is 0.164. The summed E-state index contributed by atoms with van der Waals surface area (Å²) in [5, 5.41) is 12.5. The predicted molar refractivity (Wildman–Crippen MR) is 76.5 cm³/mol. The van der Waals surface area contributed by atoms with Crippen LogP contribution in [0.1, 0.15) is 19.8 Å². The summed E-state index contributed by atoms with van der Waals surface area (Å²) in [6.45, 7) is 2.52. The van der Waals surface area contributed by atoms with Crippen molar-refractivity contribution in [3.05, 3.63) is 18.2 Å². The molecule has 0 spiro atoms. The number of benzene rings is 1. The predicted octanol–water partition coefficient (Wildman–Crippen LogP) is 0.750. The van der Waals surface area contributed by atoms with Crippen molar-refractivity contribution in [2.75, 3.05) is 24.6 Å². The number of nitrogens with one attached hydrogen (secondary N) is 2. The van der Waals surface area contributed by atoms with Crippen molar-refractivity contribution >= 4 is 21.4 Å². The Balaban J connectivity index is 2.73. The Kier molecular flexibility index (Phi) is 5.59. The van der Waals surface area contributed by atoms with Crippen molar-refractivity contribution in [3.63, 3.8) is 0 Å². The normalized spacial score (nSPS) is 13.2. The van der Waals surface area contributed by atoms with Crippen molar-refractivity contribution in [2.45, 2.75) is 30.8 Å². The van der Waals surface area contributed by atoms with E-state index in [2.05, 4.69) is 10.0 Å². The van der Waals surface area contributed by atoms with Gasteiger partial charge < -0.3 is 16.2 Å². The molecule has 0 saturated carbocycles. The minimum Gasteiger partial charge on any atom is -0.398 e. The van der Waals surface area contributed by atoms with Crippen LogP contribution in [0.3, 0.4) is 0 Å². The maximum absolute atomic E-state index is 11.6. The molecule has 1 rings (SSSR count). The summed E-state index contributed by atoms with van der Waals surface area (Å²) in [7, 11) is -2.19. The maximum atomic E-state index is 11.6. The molecule has 1 aromatic rings. The molecule has 0 fully saturated rings. The molecule has 0 amide bonds. The van der Waals surface area contributed by atoms with Crippen molar-refractivity contribution in [2.24, 2.45) is 0 Å². The molecule has 0 saturated heterocycles. The molecule has 6 nitrogen and oxygen atoms in total. The summed E-state index contributed by atoms with van der Waals surface area (Å²) < 4.78 is 25.5. The molecule has 1 aromatic carbocycles. The molecule has 5 N–H and O–H groups in total. The van der Waals surface area contributed by atoms with E-state index in [9.17, 15) is 13.5 Å². The SMILES string of the molecule is CCC(O)CCNc1ccc(S(=O)(=O)NC)c(N)c1. The van der Waals surface area contributed by atoms with Gasteiger partial charge in [0.25, 0.3) is 0 Å². The number of aliphatic hydroxyl groups excluding tert-OH is 1. The second-order valence-corrected chi connectivity index (χ2v) is 6.09. The lowest BCUT2D eigenvalue weighted by Crippen LogP contribution is -2.20. The fraction of sp³-hybridized carbons (Fsp3) is 0.500. The van der Waals surface area contributed by atoms with Crippen molar-refractivity contribution in [1.29, 1.82) is 0 Å². The molecule has 0 aliphatic carbocycles. The van der Waals surface area contributed by atoms with E-state index in [0.29, 0.717) is 19.4 Å². The first-order valence-electron chi connectivity index (χ1n) is 6.15. The second-order valence-electron chi connectivity index (χ2n) is 4.24. The summed E-state index contributed by atoms with van der Waals surface area (Å²) in [6.07, 6.45) is 1.02. The Bertz CT molecular complexity index is 517. The lowest BCUT2D eigenvalue weighted by atomic mass is 10.2. The highest BCUT2D eigenvalue weighted by atomic mass is 32.2. The van der Waals surface area contributed by atoms with Gasteiger partial charge in [-0.1, -0.05) is 6.92 Å². The van der Waals surface area contributed by atoms with E-state index in [1.165, 1.54) is 13.1 Å². The van der Waals surface area contributed by atoms with Crippen LogP contribution in [0.2, 0.25) is 0 Å². The van der Waals surface area contributed by atoms with Crippen LogP contribution in [0.15, 0.2) is 23.1 Å². The van der Waals surface area contributed by atoms with Gasteiger partial charge in [0.1, 0.15) is 4.90 Å². The summed E-state index contributed by atoms with van der Waals surface area (Å²) in [5.41, 5.74) is 6.65. The van der Waals surface area contributed by atoms with Crippen LogP contribution < -0.4 is 15.8 Å². The number of anilines is 2. The summed E-state index contributed by atoms with van der Waals surface area (Å²) >= 11 is 0. The van der Waals surface area contributed by atoms with Gasteiger partial charge in [0.2, 0.25) is 10.0 Å². The zero-order valence-corrected chi connectivity index (χ0v) is 12.0. The highest BCUT2D eigenvalue weighted by molar-refractivity contribution is 7.89. The molecule has 108 valence electrons. The average molecular weight is 287 g/mol. The number of hydrogen-bond donors (Lipinski definition) is 4. The van der Waals surface area contributed by atoms with Gasteiger partial charge >= 0.3 is 0 Å². The standard InChI is InChI=1S/C12H21N3O3S/c1-3-10(16)6-7-15-9-4-5-12(11(13)8-9)19(17,18)14-2/h4-5,8,10,14-16H,3,6-7,13H2,1-2H3. The third kappa shape index (κ3) is 4.38. The average Bonchev–Trinajstić information content (AvgIpc) is 2.38. The van der Waals surface area contributed by atoms with Crippen LogP contribution in [-0.4, -0.2) is 33.2 Å². The molecular formula is C12H21N3O3S. The van der Waals surface area contributed by atoms with Crippen LogP contribution in [0.25, 0.3) is 0 Å². The molecule has 0 bridgehead atoms. The van der Waals surface area contributed by atoms with Gasteiger partial charge in [-0.25, -0.2) is 13.1 Å². The van der Waals surface area contributed by atoms with E-state index in [4.69, 9.17) is 5.73 Å². The van der Waals surface area contributed by atoms with Gasteiger partial charge in [0.15, 0.2) is 0 Å². The van der Waals surface area contributed by atoms with Crippen molar-refractivity contribution in [1.82, 2.24) is 4.72 Å². The smallest absolute Gasteiger partial charge is 0.242 e. The van der Waals surface area contributed by atoms with Gasteiger partial charge in [0.05, 0.1) is 11.8 Å². The van der Waals surface area contributed by atoms with Crippen LogP contribution in [0.4, 0.5) is 11.4 Å². The first kappa shape index (κ1) is 15.7. The molecule has 0 aromatic heterocycles. The Morgan fingerprint density at radius 3 is 2.63 bits per heavy atom. The van der Waals surface area contributed by atoms with Crippen LogP contribution in [-0.2, 0) is 10.0 Å². The number of aliphatic hydroxyl groups is 1. The molecule has 0 radical (unpaired) electrons. The highest BCUT2D eigenvalue weighted by Crippen LogP contribution is 2.22. The molecule has 1 unspecified atom stereocenters. The molecule has 19 heavy (non-hydrogen) atoms. The fourth-order valence-electron chi connectivity index (χ4n) is 1.60. The van der Waals surface area contributed by atoms with Gasteiger partial charge in [-0.2, -0.15) is 0 Å². The molecule has 1 atom stereocenters. The molecular weight excluding hydrogens is 266 g/mol. The number of sulfonamides is 1. The first-order chi connectivity index (χ1) is 8.90. The minimum absolute atomic E-state index is 0.0640. The van der Waals surface area contributed by atoms with Crippen LogP contribution in [0.5, 0.6) is 0 Å². The number of rotatable bonds is 7. The first-order valence-corrected chi connectivity index (χ1v) is 7.64. The van der Waals surface area contributed by atoms with E-state index in [-0.39, 0.29) is 16.7 Å². The van der Waals surface area contributed by atoms with E-state index in [1.54, 1.807) is 12.1 Å². The Morgan fingerprint density at radius 1 is 1.42 bits per heavy atom. The molecule has 0 heterocycles. The number of nitrogens with two attached hydrogens (primary N) is 1. The zero-order valence-electron chi connectivity index (χ0n) is 11.2. The lowest BCUT2D eigenvalue weighted by Gasteiger charge is -2.12. The van der Waals surface area contributed by atoms with Crippen molar-refractivity contribution < 1.29 is 13.5 Å². The zero-order chi connectivity index (χ0) is 14.5. The summed E-state index contributed by atoms with van der Waals surface area (Å²) in [5.74, 6) is 0. The Morgan fingerprint density at radius 2 is 2.11 bits per heavy atom. The second kappa shape index (κ2) is 6.74. The van der Waals surface area contributed by atoms with Gasteiger partial charge in [-0.3, -0.25) is 0 Å². The van der Waals surface area contributed by atoms with Crippen LogP contribution >= 0.6 is 0 Å². The van der Waals surface area contributed by atoms with Gasteiger partial charge in [-0.15, -0.1) is 0 Å².